The summed E-state index contributed by atoms with van der Waals surface area (Å²) in [7, 11) is 1.36. The molecule has 1 saturated heterocycles. The second-order valence-electron chi connectivity index (χ2n) is 2.65. The van der Waals surface area contributed by atoms with Crippen LogP contribution in [0.2, 0.25) is 0 Å². The number of carbonyl (C=O) groups is 1. The van der Waals surface area contributed by atoms with Crippen LogP contribution in [0.15, 0.2) is 0 Å². The highest BCUT2D eigenvalue weighted by molar-refractivity contribution is 5.85. The van der Waals surface area contributed by atoms with Gasteiger partial charge in [0.15, 0.2) is 6.10 Å². The van der Waals surface area contributed by atoms with Crippen molar-refractivity contribution in [2.24, 2.45) is 0 Å². The molecule has 0 aliphatic carbocycles. The third-order valence-corrected chi connectivity index (χ3v) is 1.66. The predicted octanol–water partition coefficient (Wildman–Crippen LogP) is -0.0419. The van der Waals surface area contributed by atoms with Crippen molar-refractivity contribution in [3.63, 3.8) is 0 Å². The van der Waals surface area contributed by atoms with Crippen molar-refractivity contribution in [2.75, 3.05) is 20.3 Å². The normalized spacial score (nSPS) is 28.8. The molecule has 0 aromatic carbocycles. The summed E-state index contributed by atoms with van der Waals surface area (Å²) in [4.78, 5) is 10.9. The molecule has 4 nitrogen and oxygen atoms in total. The molecule has 72 valence electrons. The highest BCUT2D eigenvalue weighted by Gasteiger charge is 2.24. The van der Waals surface area contributed by atoms with Crippen LogP contribution in [0, 0.1) is 0 Å². The molecule has 0 unspecified atom stereocenters. The Labute approximate surface area is 78.0 Å². The smallest absolute Gasteiger partial charge is 0.336 e. The quantitative estimate of drug-likeness (QED) is 0.597. The van der Waals surface area contributed by atoms with Gasteiger partial charge in [-0.2, -0.15) is 0 Å². The number of hydrogen-bond donors (Lipinski definition) is 1. The van der Waals surface area contributed by atoms with E-state index < -0.39 is 6.10 Å². The minimum Gasteiger partial charge on any atom is -0.467 e. The highest BCUT2D eigenvalue weighted by atomic mass is 35.5. The molecular formula is C7H14ClNO3. The minimum atomic E-state index is -0.420. The lowest BCUT2D eigenvalue weighted by atomic mass is 10.2. The van der Waals surface area contributed by atoms with Crippen molar-refractivity contribution in [1.29, 1.82) is 0 Å². The van der Waals surface area contributed by atoms with Crippen molar-refractivity contribution in [2.45, 2.75) is 19.1 Å². The van der Waals surface area contributed by atoms with E-state index in [-0.39, 0.29) is 18.4 Å². The molecule has 0 amide bonds. The number of ether oxygens (including phenoxy) is 2. The Morgan fingerprint density at radius 1 is 1.67 bits per heavy atom. The first-order valence-corrected chi connectivity index (χ1v) is 3.67. The summed E-state index contributed by atoms with van der Waals surface area (Å²) in [6.45, 7) is 3.13. The van der Waals surface area contributed by atoms with Gasteiger partial charge in [-0.05, 0) is 6.92 Å². The van der Waals surface area contributed by atoms with E-state index in [1.54, 1.807) is 0 Å². The molecule has 1 rings (SSSR count). The maximum Gasteiger partial charge on any atom is 0.336 e. The van der Waals surface area contributed by atoms with Gasteiger partial charge in [0.25, 0.3) is 0 Å². The van der Waals surface area contributed by atoms with Gasteiger partial charge in [-0.15, -0.1) is 12.4 Å². The number of morpholine rings is 1. The predicted molar refractivity (Wildman–Crippen MR) is 46.5 cm³/mol. The molecule has 0 aromatic rings. The van der Waals surface area contributed by atoms with Gasteiger partial charge in [0.2, 0.25) is 0 Å². The molecule has 0 aromatic heterocycles. The highest BCUT2D eigenvalue weighted by Crippen LogP contribution is 2.01. The third-order valence-electron chi connectivity index (χ3n) is 1.66. The van der Waals surface area contributed by atoms with Gasteiger partial charge in [-0.3, -0.25) is 0 Å². The van der Waals surface area contributed by atoms with Crippen LogP contribution in [0.25, 0.3) is 0 Å². The first-order valence-electron chi connectivity index (χ1n) is 3.67. The van der Waals surface area contributed by atoms with Crippen LogP contribution in [0.5, 0.6) is 0 Å². The Morgan fingerprint density at radius 3 is 2.75 bits per heavy atom. The number of methoxy groups -OCH3 is 1. The number of rotatable bonds is 1. The third kappa shape index (κ3) is 2.97. The summed E-state index contributed by atoms with van der Waals surface area (Å²) >= 11 is 0. The molecule has 1 aliphatic heterocycles. The molecule has 1 aliphatic rings. The average Bonchev–Trinajstić information content (AvgIpc) is 2.05. The lowest BCUT2D eigenvalue weighted by molar-refractivity contribution is -0.156. The van der Waals surface area contributed by atoms with Crippen molar-refractivity contribution < 1.29 is 14.3 Å². The molecule has 1 fully saturated rings. The molecule has 2 atom stereocenters. The summed E-state index contributed by atoms with van der Waals surface area (Å²) in [5.74, 6) is -0.301. The van der Waals surface area contributed by atoms with E-state index in [2.05, 4.69) is 10.1 Å². The molecule has 1 heterocycles. The fourth-order valence-corrected chi connectivity index (χ4v) is 0.969. The molecule has 0 spiro atoms. The molecule has 0 saturated carbocycles. The number of esters is 1. The van der Waals surface area contributed by atoms with Crippen molar-refractivity contribution in [3.8, 4) is 0 Å². The van der Waals surface area contributed by atoms with Crippen LogP contribution in [0.3, 0.4) is 0 Å². The Kier molecular flexibility index (Phi) is 5.20. The van der Waals surface area contributed by atoms with E-state index in [1.165, 1.54) is 7.11 Å². The monoisotopic (exact) mass is 195 g/mol. The second-order valence-corrected chi connectivity index (χ2v) is 2.65. The van der Waals surface area contributed by atoms with E-state index in [0.29, 0.717) is 19.2 Å². The van der Waals surface area contributed by atoms with E-state index in [0.717, 1.165) is 0 Å². The van der Waals surface area contributed by atoms with Crippen LogP contribution < -0.4 is 5.32 Å². The average molecular weight is 196 g/mol. The lowest BCUT2D eigenvalue weighted by Crippen LogP contribution is -2.48. The zero-order valence-corrected chi connectivity index (χ0v) is 8.02. The van der Waals surface area contributed by atoms with Gasteiger partial charge in [0.1, 0.15) is 0 Å². The van der Waals surface area contributed by atoms with Gasteiger partial charge in [0.05, 0.1) is 13.7 Å². The van der Waals surface area contributed by atoms with Crippen LogP contribution in [0.4, 0.5) is 0 Å². The number of nitrogens with one attached hydrogen (secondary N) is 1. The summed E-state index contributed by atoms with van der Waals surface area (Å²) in [6, 6.07) is 0.330. The lowest BCUT2D eigenvalue weighted by Gasteiger charge is -2.26. The van der Waals surface area contributed by atoms with Gasteiger partial charge in [-0.1, -0.05) is 0 Å². The molecule has 5 heteroatoms. The van der Waals surface area contributed by atoms with E-state index in [9.17, 15) is 4.79 Å². The van der Waals surface area contributed by atoms with Crippen LogP contribution in [-0.4, -0.2) is 38.4 Å². The standard InChI is InChI=1S/C7H13NO3.ClH/c1-5-4-11-6(3-8-5)7(9)10-2;/h5-6,8H,3-4H2,1-2H3;1H/t5-,6-;/m1./s1. The fourth-order valence-electron chi connectivity index (χ4n) is 0.969. The van der Waals surface area contributed by atoms with Gasteiger partial charge in [-0.25, -0.2) is 4.79 Å². The van der Waals surface area contributed by atoms with Crippen LogP contribution in [0.1, 0.15) is 6.92 Å². The number of carbonyl (C=O) groups excluding carboxylic acids is 1. The topological polar surface area (TPSA) is 47.6 Å². The Bertz CT molecular complexity index is 146. The van der Waals surface area contributed by atoms with Crippen LogP contribution in [-0.2, 0) is 14.3 Å². The van der Waals surface area contributed by atoms with Gasteiger partial charge >= 0.3 is 5.97 Å². The zero-order valence-electron chi connectivity index (χ0n) is 7.20. The molecule has 0 radical (unpaired) electrons. The molecular weight excluding hydrogens is 182 g/mol. The summed E-state index contributed by atoms with van der Waals surface area (Å²) < 4.78 is 9.73. The fraction of sp³-hybridized carbons (Fsp3) is 0.857. The summed E-state index contributed by atoms with van der Waals surface area (Å²) in [5, 5.41) is 3.12. The Balaban J connectivity index is 0.00000121. The zero-order chi connectivity index (χ0) is 8.27. The first kappa shape index (κ1) is 11.7. The van der Waals surface area contributed by atoms with E-state index in [4.69, 9.17) is 4.74 Å². The van der Waals surface area contributed by atoms with E-state index >= 15 is 0 Å². The summed E-state index contributed by atoms with van der Waals surface area (Å²) in [5.41, 5.74) is 0. The van der Waals surface area contributed by atoms with E-state index in [1.807, 2.05) is 6.92 Å². The maximum absolute atomic E-state index is 10.9. The minimum absolute atomic E-state index is 0. The first-order chi connectivity index (χ1) is 5.24. The van der Waals surface area contributed by atoms with Gasteiger partial charge in [0, 0.05) is 12.6 Å². The largest absolute Gasteiger partial charge is 0.467 e. The SMILES string of the molecule is COC(=O)[C@H]1CN[C@H](C)CO1.Cl. The molecule has 0 bridgehead atoms. The Morgan fingerprint density at radius 2 is 2.33 bits per heavy atom. The van der Waals surface area contributed by atoms with Crippen molar-refractivity contribution >= 4 is 18.4 Å². The van der Waals surface area contributed by atoms with Crippen molar-refractivity contribution in [1.82, 2.24) is 5.32 Å². The number of halogens is 1. The van der Waals surface area contributed by atoms with Crippen LogP contribution >= 0.6 is 12.4 Å². The Hall–Kier alpha value is -0.320. The molecule has 12 heavy (non-hydrogen) atoms. The maximum atomic E-state index is 10.9. The number of hydrogen-bond acceptors (Lipinski definition) is 4. The molecule has 1 N–H and O–H groups in total. The second kappa shape index (κ2) is 5.35. The van der Waals surface area contributed by atoms with Crippen molar-refractivity contribution in [3.05, 3.63) is 0 Å². The summed E-state index contributed by atoms with van der Waals surface area (Å²) in [6.07, 6.45) is -0.420. The van der Waals surface area contributed by atoms with Gasteiger partial charge < -0.3 is 14.8 Å².